The van der Waals surface area contributed by atoms with Crippen LogP contribution < -0.4 is 4.90 Å². The number of H-pyrrole nitrogens is 1. The van der Waals surface area contributed by atoms with Crippen molar-refractivity contribution in [2.75, 3.05) is 25.1 Å². The first kappa shape index (κ1) is 15.0. The standard InChI is InChI=1S/C15H20N8O/c1-24-8-12-7-23(21-20-12)6-11-2-4-22(5-3-11)15-13-14(17-9-16-13)18-10-19-15/h7,9-11H,2-6,8H2,1H3,(H,16,17,18,19). The van der Waals surface area contributed by atoms with E-state index in [1.807, 2.05) is 10.9 Å². The normalized spacial score (nSPS) is 16.1. The molecule has 0 atom stereocenters. The van der Waals surface area contributed by atoms with Gasteiger partial charge in [0.05, 0.1) is 19.1 Å². The maximum Gasteiger partial charge on any atom is 0.182 e. The summed E-state index contributed by atoms with van der Waals surface area (Å²) in [6.07, 6.45) is 7.40. The van der Waals surface area contributed by atoms with Crippen molar-refractivity contribution < 1.29 is 4.74 Å². The highest BCUT2D eigenvalue weighted by Gasteiger charge is 2.23. The van der Waals surface area contributed by atoms with Gasteiger partial charge in [0.15, 0.2) is 11.5 Å². The molecule has 3 aromatic heterocycles. The second-order valence-corrected chi connectivity index (χ2v) is 6.09. The molecule has 0 spiro atoms. The number of nitrogens with zero attached hydrogens (tertiary/aromatic N) is 7. The Hall–Kier alpha value is -2.55. The maximum absolute atomic E-state index is 5.08. The number of rotatable bonds is 5. The molecule has 1 N–H and O–H groups in total. The third kappa shape index (κ3) is 2.94. The minimum Gasteiger partial charge on any atom is -0.378 e. The lowest BCUT2D eigenvalue weighted by atomic mass is 9.97. The number of fused-ring (bicyclic) bond motifs is 1. The van der Waals surface area contributed by atoms with E-state index in [1.165, 1.54) is 0 Å². The van der Waals surface area contributed by atoms with Crippen LogP contribution in [0.1, 0.15) is 18.5 Å². The molecule has 24 heavy (non-hydrogen) atoms. The van der Waals surface area contributed by atoms with Crippen molar-refractivity contribution in [1.29, 1.82) is 0 Å². The number of hydrogen-bond acceptors (Lipinski definition) is 7. The van der Waals surface area contributed by atoms with E-state index in [0.717, 1.165) is 55.2 Å². The zero-order valence-electron chi connectivity index (χ0n) is 13.6. The van der Waals surface area contributed by atoms with Gasteiger partial charge in [0.25, 0.3) is 0 Å². The van der Waals surface area contributed by atoms with E-state index >= 15 is 0 Å². The number of hydrogen-bond donors (Lipinski definition) is 1. The molecule has 126 valence electrons. The highest BCUT2D eigenvalue weighted by atomic mass is 16.5. The van der Waals surface area contributed by atoms with Crippen molar-refractivity contribution in [3.05, 3.63) is 24.5 Å². The lowest BCUT2D eigenvalue weighted by Crippen LogP contribution is -2.35. The summed E-state index contributed by atoms with van der Waals surface area (Å²) in [7, 11) is 1.67. The molecule has 1 fully saturated rings. The Morgan fingerprint density at radius 2 is 2.12 bits per heavy atom. The minimum absolute atomic E-state index is 0.506. The summed E-state index contributed by atoms with van der Waals surface area (Å²) in [4.78, 5) is 18.3. The summed E-state index contributed by atoms with van der Waals surface area (Å²) < 4.78 is 7.00. The Labute approximate surface area is 139 Å². The van der Waals surface area contributed by atoms with Gasteiger partial charge in [-0.25, -0.2) is 15.0 Å². The molecule has 1 aliphatic heterocycles. The second-order valence-electron chi connectivity index (χ2n) is 6.09. The fourth-order valence-corrected chi connectivity index (χ4v) is 3.23. The number of aromatic nitrogens is 7. The van der Waals surface area contributed by atoms with Crippen LogP contribution in [-0.4, -0.2) is 55.1 Å². The Bertz CT molecular complexity index is 805. The van der Waals surface area contributed by atoms with Crippen LogP contribution >= 0.6 is 0 Å². The van der Waals surface area contributed by atoms with Gasteiger partial charge in [-0.2, -0.15) is 0 Å². The lowest BCUT2D eigenvalue weighted by Gasteiger charge is -2.32. The molecule has 0 amide bonds. The number of anilines is 1. The van der Waals surface area contributed by atoms with Crippen molar-refractivity contribution in [1.82, 2.24) is 34.9 Å². The van der Waals surface area contributed by atoms with Gasteiger partial charge in [0, 0.05) is 26.7 Å². The van der Waals surface area contributed by atoms with Crippen molar-refractivity contribution in [2.45, 2.75) is 26.0 Å². The van der Waals surface area contributed by atoms with Crippen LogP contribution in [-0.2, 0) is 17.9 Å². The topological polar surface area (TPSA) is 97.6 Å². The van der Waals surface area contributed by atoms with Crippen molar-refractivity contribution in [2.24, 2.45) is 5.92 Å². The maximum atomic E-state index is 5.08. The molecule has 1 aliphatic rings. The van der Waals surface area contributed by atoms with E-state index in [1.54, 1.807) is 19.8 Å². The highest BCUT2D eigenvalue weighted by molar-refractivity contribution is 5.82. The number of piperidine rings is 1. The van der Waals surface area contributed by atoms with E-state index in [0.29, 0.717) is 12.5 Å². The first-order chi connectivity index (χ1) is 11.8. The van der Waals surface area contributed by atoms with Crippen LogP contribution in [0.15, 0.2) is 18.9 Å². The summed E-state index contributed by atoms with van der Waals surface area (Å²) in [5.41, 5.74) is 2.50. The van der Waals surface area contributed by atoms with Crippen LogP contribution in [0, 0.1) is 5.92 Å². The summed E-state index contributed by atoms with van der Waals surface area (Å²) >= 11 is 0. The Kier molecular flexibility index (Phi) is 4.08. The van der Waals surface area contributed by atoms with Crippen molar-refractivity contribution in [3.8, 4) is 0 Å². The second kappa shape index (κ2) is 6.52. The number of aromatic amines is 1. The summed E-state index contributed by atoms with van der Waals surface area (Å²) in [5, 5.41) is 8.29. The van der Waals surface area contributed by atoms with Crippen LogP contribution in [0.3, 0.4) is 0 Å². The van der Waals surface area contributed by atoms with E-state index in [2.05, 4.69) is 35.1 Å². The van der Waals surface area contributed by atoms with Crippen molar-refractivity contribution in [3.63, 3.8) is 0 Å². The summed E-state index contributed by atoms with van der Waals surface area (Å²) in [6.45, 7) is 3.34. The monoisotopic (exact) mass is 328 g/mol. The van der Waals surface area contributed by atoms with E-state index < -0.39 is 0 Å². The third-order valence-corrected chi connectivity index (χ3v) is 4.44. The van der Waals surface area contributed by atoms with Crippen LogP contribution in [0.5, 0.6) is 0 Å². The predicted octanol–water partition coefficient (Wildman–Crippen LogP) is 1.01. The van der Waals surface area contributed by atoms with E-state index in [9.17, 15) is 0 Å². The summed E-state index contributed by atoms with van der Waals surface area (Å²) in [6, 6.07) is 0. The smallest absolute Gasteiger partial charge is 0.182 e. The number of methoxy groups -OCH3 is 1. The fourth-order valence-electron chi connectivity index (χ4n) is 3.23. The third-order valence-electron chi connectivity index (χ3n) is 4.44. The predicted molar refractivity (Wildman–Crippen MR) is 87.4 cm³/mol. The van der Waals surface area contributed by atoms with Gasteiger partial charge in [-0.15, -0.1) is 5.10 Å². The Balaban J connectivity index is 1.38. The largest absolute Gasteiger partial charge is 0.378 e. The van der Waals surface area contributed by atoms with E-state index in [-0.39, 0.29) is 0 Å². The molecule has 0 saturated carbocycles. The molecule has 1 saturated heterocycles. The van der Waals surface area contributed by atoms with Gasteiger partial charge in [0.2, 0.25) is 0 Å². The number of nitrogens with one attached hydrogen (secondary N) is 1. The molecule has 4 heterocycles. The minimum atomic E-state index is 0.506. The molecular weight excluding hydrogens is 308 g/mol. The average molecular weight is 328 g/mol. The van der Waals surface area contributed by atoms with Gasteiger partial charge in [-0.3, -0.25) is 4.68 Å². The Morgan fingerprint density at radius 1 is 1.25 bits per heavy atom. The van der Waals surface area contributed by atoms with Crippen LogP contribution in [0.4, 0.5) is 5.82 Å². The Morgan fingerprint density at radius 3 is 2.96 bits per heavy atom. The first-order valence-electron chi connectivity index (χ1n) is 8.10. The molecule has 9 heteroatoms. The quantitative estimate of drug-likeness (QED) is 0.746. The van der Waals surface area contributed by atoms with Crippen LogP contribution in [0.2, 0.25) is 0 Å². The van der Waals surface area contributed by atoms with Gasteiger partial charge in [-0.05, 0) is 18.8 Å². The number of imidazole rings is 1. The average Bonchev–Trinajstić information content (AvgIpc) is 3.25. The molecule has 0 radical (unpaired) electrons. The summed E-state index contributed by atoms with van der Waals surface area (Å²) in [5.74, 6) is 1.54. The zero-order valence-corrected chi connectivity index (χ0v) is 13.6. The molecule has 0 aromatic carbocycles. The highest BCUT2D eigenvalue weighted by Crippen LogP contribution is 2.26. The molecular formula is C15H20N8O. The molecule has 0 unspecified atom stereocenters. The molecule has 4 rings (SSSR count). The first-order valence-corrected chi connectivity index (χ1v) is 8.10. The molecule has 3 aromatic rings. The molecule has 0 bridgehead atoms. The SMILES string of the molecule is COCc1cn(CC2CCN(c3ncnc4nc[nH]c34)CC2)nn1. The van der Waals surface area contributed by atoms with Crippen LogP contribution in [0.25, 0.3) is 11.2 Å². The fraction of sp³-hybridized carbons (Fsp3) is 0.533. The van der Waals surface area contributed by atoms with Gasteiger partial charge >= 0.3 is 0 Å². The van der Waals surface area contributed by atoms with E-state index in [4.69, 9.17) is 4.74 Å². The van der Waals surface area contributed by atoms with Gasteiger partial charge < -0.3 is 14.6 Å². The zero-order chi connectivity index (χ0) is 16.4. The van der Waals surface area contributed by atoms with Crippen molar-refractivity contribution >= 4 is 17.0 Å². The molecule has 0 aliphatic carbocycles. The number of ether oxygens (including phenoxy) is 1. The van der Waals surface area contributed by atoms with Gasteiger partial charge in [-0.1, -0.05) is 5.21 Å². The molecule has 9 nitrogen and oxygen atoms in total. The lowest BCUT2D eigenvalue weighted by molar-refractivity contribution is 0.181. The van der Waals surface area contributed by atoms with Gasteiger partial charge in [0.1, 0.15) is 17.5 Å².